The molecule has 0 saturated carbocycles. The summed E-state index contributed by atoms with van der Waals surface area (Å²) in [4.78, 5) is 26.3. The van der Waals surface area contributed by atoms with Gasteiger partial charge in [-0.1, -0.05) is 60.1 Å². The summed E-state index contributed by atoms with van der Waals surface area (Å²) in [7, 11) is 0. The molecule has 4 aromatic carbocycles. The number of ketones is 2. The monoisotopic (exact) mass is 408 g/mol. The molecule has 2 heteroatoms. The van der Waals surface area contributed by atoms with E-state index in [0.717, 1.165) is 11.1 Å². The molecule has 0 fully saturated rings. The van der Waals surface area contributed by atoms with Gasteiger partial charge < -0.3 is 0 Å². The van der Waals surface area contributed by atoms with E-state index < -0.39 is 0 Å². The topological polar surface area (TPSA) is 34.1 Å². The molecule has 0 heterocycles. The molecule has 0 aliphatic heterocycles. The molecular formula is C30H16O2. The summed E-state index contributed by atoms with van der Waals surface area (Å²) in [5.41, 5.74) is 4.76. The first-order chi connectivity index (χ1) is 15.7. The van der Waals surface area contributed by atoms with Gasteiger partial charge in [0.25, 0.3) is 0 Å². The number of benzene rings is 4. The Morgan fingerprint density at radius 2 is 0.750 bits per heavy atom. The van der Waals surface area contributed by atoms with Crippen LogP contribution in [0.5, 0.6) is 0 Å². The van der Waals surface area contributed by atoms with E-state index in [4.69, 9.17) is 0 Å². The minimum absolute atomic E-state index is 0.153. The SMILES string of the molecule is O=C1c2ccc(C#Cc3ccccc3)cc2C(=O)c2cc(C#Cc3ccccc3)ccc21. The Labute approximate surface area is 186 Å². The molecule has 0 saturated heterocycles. The van der Waals surface area contributed by atoms with E-state index in [2.05, 4.69) is 23.7 Å². The largest absolute Gasteiger partial charge is 0.289 e. The highest BCUT2D eigenvalue weighted by molar-refractivity contribution is 6.28. The van der Waals surface area contributed by atoms with E-state index in [1.165, 1.54) is 0 Å². The first-order valence-corrected chi connectivity index (χ1v) is 10.2. The van der Waals surface area contributed by atoms with Crippen LogP contribution < -0.4 is 0 Å². The van der Waals surface area contributed by atoms with Crippen molar-refractivity contribution in [2.24, 2.45) is 0 Å². The molecular weight excluding hydrogens is 392 g/mol. The number of rotatable bonds is 0. The molecule has 0 amide bonds. The third kappa shape index (κ3) is 3.74. The van der Waals surface area contributed by atoms with E-state index in [0.29, 0.717) is 33.4 Å². The number of carbonyl (C=O) groups excluding carboxylic acids is 2. The van der Waals surface area contributed by atoms with Gasteiger partial charge in [0.05, 0.1) is 0 Å². The average Bonchev–Trinajstić information content (AvgIpc) is 2.86. The number of hydrogen-bond donors (Lipinski definition) is 0. The quantitative estimate of drug-likeness (QED) is 0.328. The molecule has 0 aromatic heterocycles. The normalized spacial score (nSPS) is 11.4. The van der Waals surface area contributed by atoms with Gasteiger partial charge >= 0.3 is 0 Å². The zero-order valence-corrected chi connectivity index (χ0v) is 17.1. The Morgan fingerprint density at radius 3 is 1.19 bits per heavy atom. The molecule has 2 nitrogen and oxygen atoms in total. The van der Waals surface area contributed by atoms with Crippen LogP contribution in [-0.2, 0) is 0 Å². The summed E-state index contributed by atoms with van der Waals surface area (Å²) >= 11 is 0. The van der Waals surface area contributed by atoms with E-state index in [9.17, 15) is 9.59 Å². The van der Waals surface area contributed by atoms with Gasteiger partial charge in [0.2, 0.25) is 0 Å². The van der Waals surface area contributed by atoms with E-state index in [1.54, 1.807) is 36.4 Å². The highest BCUT2D eigenvalue weighted by Gasteiger charge is 2.29. The van der Waals surface area contributed by atoms with Crippen LogP contribution in [0.1, 0.15) is 54.1 Å². The minimum Gasteiger partial charge on any atom is -0.289 e. The summed E-state index contributed by atoms with van der Waals surface area (Å²) in [5, 5.41) is 0. The van der Waals surface area contributed by atoms with Crippen LogP contribution >= 0.6 is 0 Å². The highest BCUT2D eigenvalue weighted by atomic mass is 16.1. The number of hydrogen-bond acceptors (Lipinski definition) is 2. The van der Waals surface area contributed by atoms with Crippen LogP contribution in [0, 0.1) is 23.7 Å². The molecule has 32 heavy (non-hydrogen) atoms. The molecule has 1 aliphatic rings. The second-order valence-corrected chi connectivity index (χ2v) is 7.41. The number of carbonyl (C=O) groups is 2. The maximum atomic E-state index is 13.3. The molecule has 0 atom stereocenters. The summed E-state index contributed by atoms with van der Waals surface area (Å²) in [6, 6.07) is 29.6. The van der Waals surface area contributed by atoms with Gasteiger partial charge in [-0.15, -0.1) is 0 Å². The first-order valence-electron chi connectivity index (χ1n) is 10.2. The molecule has 0 spiro atoms. The summed E-state index contributed by atoms with van der Waals surface area (Å²) < 4.78 is 0. The zero-order valence-electron chi connectivity index (χ0n) is 17.1. The molecule has 0 unspecified atom stereocenters. The van der Waals surface area contributed by atoms with Gasteiger partial charge in [-0.2, -0.15) is 0 Å². The van der Waals surface area contributed by atoms with E-state index in [-0.39, 0.29) is 11.6 Å². The van der Waals surface area contributed by atoms with Crippen LogP contribution in [-0.4, -0.2) is 11.6 Å². The van der Waals surface area contributed by atoms with Gasteiger partial charge in [0, 0.05) is 44.5 Å². The maximum absolute atomic E-state index is 13.3. The zero-order chi connectivity index (χ0) is 21.9. The third-order valence-electron chi connectivity index (χ3n) is 5.27. The van der Waals surface area contributed by atoms with Crippen molar-refractivity contribution < 1.29 is 9.59 Å². The van der Waals surface area contributed by atoms with Crippen molar-refractivity contribution >= 4 is 11.6 Å². The third-order valence-corrected chi connectivity index (χ3v) is 5.27. The van der Waals surface area contributed by atoms with Gasteiger partial charge in [0.15, 0.2) is 11.6 Å². The van der Waals surface area contributed by atoms with Crippen molar-refractivity contribution in [3.05, 3.63) is 142 Å². The second kappa shape index (κ2) is 8.23. The lowest BCUT2D eigenvalue weighted by Crippen LogP contribution is -2.21. The smallest absolute Gasteiger partial charge is 0.194 e. The maximum Gasteiger partial charge on any atom is 0.194 e. The fourth-order valence-electron chi connectivity index (χ4n) is 3.64. The minimum atomic E-state index is -0.179. The lowest BCUT2D eigenvalue weighted by atomic mass is 9.82. The lowest BCUT2D eigenvalue weighted by Gasteiger charge is -2.17. The average molecular weight is 408 g/mol. The van der Waals surface area contributed by atoms with Crippen molar-refractivity contribution in [1.29, 1.82) is 0 Å². The van der Waals surface area contributed by atoms with Crippen molar-refractivity contribution in [2.45, 2.75) is 0 Å². The summed E-state index contributed by atoms with van der Waals surface area (Å²) in [6.45, 7) is 0. The Bertz CT molecular complexity index is 1380. The van der Waals surface area contributed by atoms with Crippen LogP contribution in [0.2, 0.25) is 0 Å². The molecule has 148 valence electrons. The molecule has 4 aromatic rings. The van der Waals surface area contributed by atoms with Gasteiger partial charge in [0.1, 0.15) is 0 Å². The van der Waals surface area contributed by atoms with Gasteiger partial charge in [-0.25, -0.2) is 0 Å². The number of fused-ring (bicyclic) bond motifs is 2. The lowest BCUT2D eigenvalue weighted by molar-refractivity contribution is 0.0979. The fourth-order valence-corrected chi connectivity index (χ4v) is 3.64. The Hall–Kier alpha value is -4.66. The fraction of sp³-hybridized carbons (Fsp3) is 0. The Morgan fingerprint density at radius 1 is 0.375 bits per heavy atom. The summed E-state index contributed by atoms with van der Waals surface area (Å²) in [6.07, 6.45) is 0. The van der Waals surface area contributed by atoms with E-state index >= 15 is 0 Å². The van der Waals surface area contributed by atoms with Crippen LogP contribution in [0.25, 0.3) is 0 Å². The molecule has 0 N–H and O–H groups in total. The highest BCUT2D eigenvalue weighted by Crippen LogP contribution is 2.28. The van der Waals surface area contributed by atoms with Crippen molar-refractivity contribution in [1.82, 2.24) is 0 Å². The Balaban J connectivity index is 1.50. The van der Waals surface area contributed by atoms with Crippen molar-refractivity contribution in [3.63, 3.8) is 0 Å². The molecule has 5 rings (SSSR count). The second-order valence-electron chi connectivity index (χ2n) is 7.41. The molecule has 0 radical (unpaired) electrons. The van der Waals surface area contributed by atoms with Gasteiger partial charge in [-0.3, -0.25) is 9.59 Å². The van der Waals surface area contributed by atoms with Crippen molar-refractivity contribution in [3.8, 4) is 23.7 Å². The molecule has 0 bridgehead atoms. The predicted molar refractivity (Wildman–Crippen MR) is 125 cm³/mol. The van der Waals surface area contributed by atoms with Crippen molar-refractivity contribution in [2.75, 3.05) is 0 Å². The summed E-state index contributed by atoms with van der Waals surface area (Å²) in [5.74, 6) is 12.0. The standard InChI is InChI=1S/C30H16O2/c31-29-25-17-15-23(13-11-21-7-3-1-4-8-21)19-27(25)30(32)28-20-24(16-18-26(28)29)14-12-22-9-5-2-6-10-22/h1-10,15-20H. The van der Waals surface area contributed by atoms with E-state index in [1.807, 2.05) is 60.7 Å². The van der Waals surface area contributed by atoms with Crippen LogP contribution in [0.15, 0.2) is 97.1 Å². The molecule has 1 aliphatic carbocycles. The first kappa shape index (κ1) is 19.3. The Kier molecular flexibility index (Phi) is 4.97. The van der Waals surface area contributed by atoms with Crippen LogP contribution in [0.3, 0.4) is 0 Å². The predicted octanol–water partition coefficient (Wildman–Crippen LogP) is 5.26. The van der Waals surface area contributed by atoms with Crippen LogP contribution in [0.4, 0.5) is 0 Å². The van der Waals surface area contributed by atoms with Gasteiger partial charge in [-0.05, 0) is 60.7 Å².